The number of likely N-dealkylation sites (N-methyl/N-ethyl adjacent to an activating group) is 1. The number of hydrogen-bond donors (Lipinski definition) is 1. The van der Waals surface area contributed by atoms with Crippen molar-refractivity contribution in [2.24, 2.45) is 7.05 Å². The van der Waals surface area contributed by atoms with Crippen molar-refractivity contribution in [1.29, 1.82) is 0 Å². The Labute approximate surface area is 115 Å². The van der Waals surface area contributed by atoms with E-state index in [9.17, 15) is 0 Å². The summed E-state index contributed by atoms with van der Waals surface area (Å²) in [6.45, 7) is 3.19. The van der Waals surface area contributed by atoms with Crippen LogP contribution in [0.5, 0.6) is 0 Å². The predicted molar refractivity (Wildman–Crippen MR) is 79.1 cm³/mol. The lowest BCUT2D eigenvalue weighted by Crippen LogP contribution is -2.31. The number of nitrogens with zero attached hydrogens (tertiary/aromatic N) is 2. The van der Waals surface area contributed by atoms with Crippen molar-refractivity contribution in [3.63, 3.8) is 0 Å². The lowest BCUT2D eigenvalue weighted by atomic mass is 10.0. The van der Waals surface area contributed by atoms with E-state index >= 15 is 0 Å². The minimum Gasteiger partial charge on any atom is -0.314 e. The molecule has 0 fully saturated rings. The lowest BCUT2D eigenvalue weighted by molar-refractivity contribution is 0.484. The van der Waals surface area contributed by atoms with Crippen LogP contribution in [-0.4, -0.2) is 22.4 Å². The summed E-state index contributed by atoms with van der Waals surface area (Å²) in [6, 6.07) is 13.3. The van der Waals surface area contributed by atoms with E-state index < -0.39 is 0 Å². The van der Waals surface area contributed by atoms with E-state index in [4.69, 9.17) is 0 Å². The standard InChI is InChI=1S/C16H23N3/c1-3-17-15(13-14-7-5-4-6-8-14)9-10-16-11-12-18-19(16)2/h4-8,11-12,15,17H,3,9-10,13H2,1-2H3. The number of rotatable bonds is 7. The Bertz CT molecular complexity index is 476. The van der Waals surface area contributed by atoms with E-state index in [1.54, 1.807) is 0 Å². The van der Waals surface area contributed by atoms with E-state index in [1.165, 1.54) is 11.3 Å². The molecule has 3 heteroatoms. The van der Waals surface area contributed by atoms with Gasteiger partial charge in [0.05, 0.1) is 0 Å². The Morgan fingerprint density at radius 2 is 2.00 bits per heavy atom. The molecule has 0 amide bonds. The third kappa shape index (κ3) is 4.21. The topological polar surface area (TPSA) is 29.9 Å². The monoisotopic (exact) mass is 257 g/mol. The van der Waals surface area contributed by atoms with E-state index in [1.807, 2.05) is 17.9 Å². The molecule has 2 aromatic rings. The predicted octanol–water partition coefficient (Wildman–Crippen LogP) is 2.57. The molecule has 2 rings (SSSR count). The summed E-state index contributed by atoms with van der Waals surface area (Å²) in [5.74, 6) is 0. The van der Waals surface area contributed by atoms with Gasteiger partial charge in [-0.05, 0) is 37.4 Å². The zero-order valence-corrected chi connectivity index (χ0v) is 11.8. The van der Waals surface area contributed by atoms with Crippen LogP contribution in [0.4, 0.5) is 0 Å². The number of aromatic nitrogens is 2. The van der Waals surface area contributed by atoms with Crippen molar-refractivity contribution >= 4 is 0 Å². The lowest BCUT2D eigenvalue weighted by Gasteiger charge is -2.18. The summed E-state index contributed by atoms with van der Waals surface area (Å²) in [5.41, 5.74) is 2.70. The van der Waals surface area contributed by atoms with Gasteiger partial charge in [-0.3, -0.25) is 4.68 Å². The van der Waals surface area contributed by atoms with Gasteiger partial charge < -0.3 is 5.32 Å². The van der Waals surface area contributed by atoms with Crippen LogP contribution in [0.3, 0.4) is 0 Å². The van der Waals surface area contributed by atoms with E-state index in [0.29, 0.717) is 6.04 Å². The summed E-state index contributed by atoms with van der Waals surface area (Å²) in [4.78, 5) is 0. The molecule has 1 N–H and O–H groups in total. The molecule has 0 aliphatic rings. The van der Waals surface area contributed by atoms with Crippen molar-refractivity contribution in [2.45, 2.75) is 32.2 Å². The second-order valence-corrected chi connectivity index (χ2v) is 4.93. The van der Waals surface area contributed by atoms with Gasteiger partial charge in [0, 0.05) is 25.0 Å². The van der Waals surface area contributed by atoms with Crippen LogP contribution in [-0.2, 0) is 19.9 Å². The van der Waals surface area contributed by atoms with Gasteiger partial charge in [0.25, 0.3) is 0 Å². The van der Waals surface area contributed by atoms with E-state index in [2.05, 4.69) is 53.7 Å². The normalized spacial score (nSPS) is 12.5. The van der Waals surface area contributed by atoms with Crippen LogP contribution in [0.15, 0.2) is 42.6 Å². The third-order valence-electron chi connectivity index (χ3n) is 3.49. The Morgan fingerprint density at radius 1 is 1.21 bits per heavy atom. The summed E-state index contributed by atoms with van der Waals surface area (Å²) < 4.78 is 1.96. The highest BCUT2D eigenvalue weighted by Crippen LogP contribution is 2.09. The fraction of sp³-hybridized carbons (Fsp3) is 0.438. The van der Waals surface area contributed by atoms with Gasteiger partial charge in [0.15, 0.2) is 0 Å². The molecule has 1 heterocycles. The van der Waals surface area contributed by atoms with Gasteiger partial charge >= 0.3 is 0 Å². The molecular weight excluding hydrogens is 234 g/mol. The third-order valence-corrected chi connectivity index (χ3v) is 3.49. The Kier molecular flexibility index (Phi) is 5.16. The molecular formula is C16H23N3. The van der Waals surface area contributed by atoms with Gasteiger partial charge in [-0.2, -0.15) is 5.10 Å². The number of nitrogens with one attached hydrogen (secondary N) is 1. The maximum Gasteiger partial charge on any atom is 0.0492 e. The second kappa shape index (κ2) is 7.10. The minimum atomic E-state index is 0.530. The number of benzene rings is 1. The molecule has 0 bridgehead atoms. The largest absolute Gasteiger partial charge is 0.314 e. The van der Waals surface area contributed by atoms with Gasteiger partial charge in [0.1, 0.15) is 0 Å². The van der Waals surface area contributed by atoms with Gasteiger partial charge in [-0.25, -0.2) is 0 Å². The highest BCUT2D eigenvalue weighted by molar-refractivity contribution is 5.16. The zero-order chi connectivity index (χ0) is 13.5. The smallest absolute Gasteiger partial charge is 0.0492 e. The first-order chi connectivity index (χ1) is 9.29. The average Bonchev–Trinajstić information content (AvgIpc) is 2.83. The minimum absolute atomic E-state index is 0.530. The quantitative estimate of drug-likeness (QED) is 0.826. The summed E-state index contributed by atoms with van der Waals surface area (Å²) in [5, 5.41) is 7.80. The fourth-order valence-corrected chi connectivity index (χ4v) is 2.43. The van der Waals surface area contributed by atoms with Gasteiger partial charge in [-0.1, -0.05) is 37.3 Å². The van der Waals surface area contributed by atoms with Crippen LogP contribution >= 0.6 is 0 Å². The highest BCUT2D eigenvalue weighted by Gasteiger charge is 2.09. The molecule has 1 aromatic heterocycles. The van der Waals surface area contributed by atoms with Crippen LogP contribution in [0.2, 0.25) is 0 Å². The molecule has 1 atom stereocenters. The van der Waals surface area contributed by atoms with Crippen molar-refractivity contribution in [3.05, 3.63) is 53.9 Å². The molecule has 1 unspecified atom stereocenters. The molecule has 0 saturated carbocycles. The summed E-state index contributed by atoms with van der Waals surface area (Å²) in [6.07, 6.45) is 5.17. The molecule has 0 radical (unpaired) electrons. The number of aryl methyl sites for hydroxylation is 2. The van der Waals surface area contributed by atoms with Gasteiger partial charge in [0.2, 0.25) is 0 Å². The highest BCUT2D eigenvalue weighted by atomic mass is 15.2. The molecule has 102 valence electrons. The Morgan fingerprint density at radius 3 is 2.63 bits per heavy atom. The maximum absolute atomic E-state index is 4.22. The van der Waals surface area contributed by atoms with Crippen LogP contribution < -0.4 is 5.32 Å². The molecule has 0 saturated heterocycles. The van der Waals surface area contributed by atoms with Gasteiger partial charge in [-0.15, -0.1) is 0 Å². The maximum atomic E-state index is 4.22. The fourth-order valence-electron chi connectivity index (χ4n) is 2.43. The second-order valence-electron chi connectivity index (χ2n) is 4.93. The number of hydrogen-bond acceptors (Lipinski definition) is 2. The first-order valence-electron chi connectivity index (χ1n) is 7.03. The first kappa shape index (κ1) is 13.8. The molecule has 1 aromatic carbocycles. The molecule has 19 heavy (non-hydrogen) atoms. The van der Waals surface area contributed by atoms with Crippen molar-refractivity contribution in [1.82, 2.24) is 15.1 Å². The van der Waals surface area contributed by atoms with E-state index in [-0.39, 0.29) is 0 Å². The van der Waals surface area contributed by atoms with Crippen molar-refractivity contribution in [2.75, 3.05) is 6.54 Å². The van der Waals surface area contributed by atoms with Crippen molar-refractivity contribution in [3.8, 4) is 0 Å². The average molecular weight is 257 g/mol. The van der Waals surface area contributed by atoms with Crippen LogP contribution in [0.1, 0.15) is 24.6 Å². The van der Waals surface area contributed by atoms with Crippen LogP contribution in [0, 0.1) is 0 Å². The first-order valence-corrected chi connectivity index (χ1v) is 7.03. The Balaban J connectivity index is 1.91. The molecule has 0 aliphatic heterocycles. The molecule has 3 nitrogen and oxygen atoms in total. The summed E-state index contributed by atoms with van der Waals surface area (Å²) >= 11 is 0. The SMILES string of the molecule is CCNC(CCc1ccnn1C)Cc1ccccc1. The van der Waals surface area contributed by atoms with E-state index in [0.717, 1.165) is 25.8 Å². The summed E-state index contributed by atoms with van der Waals surface area (Å²) in [7, 11) is 2.01. The van der Waals surface area contributed by atoms with Crippen molar-refractivity contribution < 1.29 is 0 Å². The molecule has 0 aliphatic carbocycles. The molecule has 0 spiro atoms. The van der Waals surface area contributed by atoms with Crippen LogP contribution in [0.25, 0.3) is 0 Å². The Hall–Kier alpha value is -1.61. The zero-order valence-electron chi connectivity index (χ0n) is 11.8.